The Morgan fingerprint density at radius 2 is 2.12 bits per heavy atom. The topological polar surface area (TPSA) is 32.3 Å². The number of amides is 1. The van der Waals surface area contributed by atoms with E-state index in [9.17, 15) is 4.79 Å². The van der Waals surface area contributed by atoms with Gasteiger partial charge in [-0.05, 0) is 37.5 Å². The summed E-state index contributed by atoms with van der Waals surface area (Å²) < 4.78 is 0. The Labute approximate surface area is 95.4 Å². The van der Waals surface area contributed by atoms with Crippen LogP contribution in [0.3, 0.4) is 0 Å². The molecule has 1 aromatic carbocycles. The lowest BCUT2D eigenvalue weighted by Gasteiger charge is -2.21. The average molecular weight is 216 g/mol. The third-order valence-corrected chi connectivity index (χ3v) is 3.69. The van der Waals surface area contributed by atoms with E-state index in [1.165, 1.54) is 5.56 Å². The van der Waals surface area contributed by atoms with Crippen LogP contribution in [0.15, 0.2) is 18.2 Å². The third-order valence-electron chi connectivity index (χ3n) is 3.69. The Morgan fingerprint density at radius 1 is 1.38 bits per heavy atom. The van der Waals surface area contributed by atoms with Gasteiger partial charge in [-0.1, -0.05) is 6.07 Å². The Bertz CT molecular complexity index is 463. The largest absolute Gasteiger partial charge is 0.372 e. The van der Waals surface area contributed by atoms with Crippen LogP contribution in [0.25, 0.3) is 0 Å². The zero-order valence-corrected chi connectivity index (χ0v) is 9.71. The Morgan fingerprint density at radius 3 is 2.81 bits per heavy atom. The number of benzene rings is 1. The first-order valence-corrected chi connectivity index (χ1v) is 5.74. The molecule has 1 aromatic rings. The van der Waals surface area contributed by atoms with E-state index in [1.54, 1.807) is 0 Å². The highest BCUT2D eigenvalue weighted by atomic mass is 16.2. The Balaban J connectivity index is 2.06. The second-order valence-corrected chi connectivity index (χ2v) is 5.11. The standard InChI is InChI=1S/C13H16N2O/c1-9-3-4-10-11(7-9)15(2)8-13(5-6-13)12(16)14-10/h3-4,7H,5-6,8H2,1-2H3,(H,14,16). The van der Waals surface area contributed by atoms with E-state index in [0.29, 0.717) is 0 Å². The fourth-order valence-electron chi connectivity index (χ4n) is 2.47. The predicted molar refractivity (Wildman–Crippen MR) is 64.7 cm³/mol. The van der Waals surface area contributed by atoms with E-state index in [1.807, 2.05) is 12.1 Å². The molecule has 2 aliphatic rings. The highest BCUT2D eigenvalue weighted by Crippen LogP contribution is 2.49. The van der Waals surface area contributed by atoms with Crippen molar-refractivity contribution in [2.75, 3.05) is 23.8 Å². The maximum atomic E-state index is 12.1. The first-order valence-electron chi connectivity index (χ1n) is 5.74. The molecule has 1 fully saturated rings. The molecule has 0 atom stereocenters. The van der Waals surface area contributed by atoms with E-state index in [0.717, 1.165) is 30.8 Å². The van der Waals surface area contributed by atoms with Gasteiger partial charge in [-0.2, -0.15) is 0 Å². The molecule has 1 aliphatic heterocycles. The quantitative estimate of drug-likeness (QED) is 0.720. The van der Waals surface area contributed by atoms with Gasteiger partial charge in [0, 0.05) is 13.6 Å². The van der Waals surface area contributed by atoms with Crippen LogP contribution < -0.4 is 10.2 Å². The van der Waals surface area contributed by atoms with Crippen LogP contribution >= 0.6 is 0 Å². The molecule has 3 heteroatoms. The van der Waals surface area contributed by atoms with Gasteiger partial charge in [-0.15, -0.1) is 0 Å². The summed E-state index contributed by atoms with van der Waals surface area (Å²) in [5, 5.41) is 3.05. The lowest BCUT2D eigenvalue weighted by atomic mass is 10.1. The summed E-state index contributed by atoms with van der Waals surface area (Å²) in [5.41, 5.74) is 3.20. The van der Waals surface area contributed by atoms with Crippen molar-refractivity contribution in [2.24, 2.45) is 5.41 Å². The molecule has 3 nitrogen and oxygen atoms in total. The minimum absolute atomic E-state index is 0.109. The zero-order chi connectivity index (χ0) is 11.3. The van der Waals surface area contributed by atoms with Crippen LogP contribution in [0.1, 0.15) is 18.4 Å². The van der Waals surface area contributed by atoms with E-state index in [2.05, 4.69) is 30.3 Å². The van der Waals surface area contributed by atoms with Gasteiger partial charge in [0.25, 0.3) is 0 Å². The number of fused-ring (bicyclic) bond motifs is 1. The predicted octanol–water partition coefficient (Wildman–Crippen LogP) is 2.16. The normalized spacial score (nSPS) is 21.4. The summed E-state index contributed by atoms with van der Waals surface area (Å²) in [6.45, 7) is 2.92. The minimum Gasteiger partial charge on any atom is -0.372 e. The molecule has 1 amide bonds. The van der Waals surface area contributed by atoms with Crippen molar-refractivity contribution in [3.63, 3.8) is 0 Å². The number of nitrogens with zero attached hydrogens (tertiary/aromatic N) is 1. The minimum atomic E-state index is -0.109. The molecule has 3 rings (SSSR count). The molecule has 0 aromatic heterocycles. The average Bonchev–Trinajstić information content (AvgIpc) is 3.01. The van der Waals surface area contributed by atoms with E-state index < -0.39 is 0 Å². The molecule has 84 valence electrons. The van der Waals surface area contributed by atoms with Gasteiger partial charge in [0.1, 0.15) is 0 Å². The summed E-state index contributed by atoms with van der Waals surface area (Å²) in [4.78, 5) is 14.3. The highest BCUT2D eigenvalue weighted by Gasteiger charge is 2.51. The molecule has 1 N–H and O–H groups in total. The second-order valence-electron chi connectivity index (χ2n) is 5.11. The number of nitrogens with one attached hydrogen (secondary N) is 1. The van der Waals surface area contributed by atoms with E-state index >= 15 is 0 Å². The van der Waals surface area contributed by atoms with Crippen molar-refractivity contribution in [3.05, 3.63) is 23.8 Å². The highest BCUT2D eigenvalue weighted by molar-refractivity contribution is 6.01. The van der Waals surface area contributed by atoms with Crippen molar-refractivity contribution in [3.8, 4) is 0 Å². The molecule has 0 unspecified atom stereocenters. The number of hydrogen-bond donors (Lipinski definition) is 1. The van der Waals surface area contributed by atoms with Crippen molar-refractivity contribution in [1.29, 1.82) is 0 Å². The lowest BCUT2D eigenvalue weighted by molar-refractivity contribution is -0.120. The van der Waals surface area contributed by atoms with Gasteiger partial charge in [0.05, 0.1) is 16.8 Å². The molecular formula is C13H16N2O. The number of carbonyl (C=O) groups is 1. The van der Waals surface area contributed by atoms with Crippen molar-refractivity contribution < 1.29 is 4.79 Å². The molecule has 1 heterocycles. The third kappa shape index (κ3) is 1.31. The monoisotopic (exact) mass is 216 g/mol. The van der Waals surface area contributed by atoms with Crippen molar-refractivity contribution in [2.45, 2.75) is 19.8 Å². The number of hydrogen-bond acceptors (Lipinski definition) is 2. The molecule has 1 spiro atoms. The lowest BCUT2D eigenvalue weighted by Crippen LogP contribution is -2.31. The maximum absolute atomic E-state index is 12.1. The Hall–Kier alpha value is -1.51. The molecule has 1 saturated carbocycles. The van der Waals surface area contributed by atoms with Gasteiger partial charge in [0.15, 0.2) is 0 Å². The van der Waals surface area contributed by atoms with Crippen molar-refractivity contribution >= 4 is 17.3 Å². The molecular weight excluding hydrogens is 200 g/mol. The number of anilines is 2. The molecule has 0 saturated heterocycles. The summed E-state index contributed by atoms with van der Waals surface area (Å²) in [5.74, 6) is 0.196. The molecule has 0 bridgehead atoms. The van der Waals surface area contributed by atoms with Crippen LogP contribution in [-0.2, 0) is 4.79 Å². The van der Waals surface area contributed by atoms with Crippen LogP contribution in [-0.4, -0.2) is 19.5 Å². The summed E-state index contributed by atoms with van der Waals surface area (Å²) in [6, 6.07) is 6.18. The summed E-state index contributed by atoms with van der Waals surface area (Å²) in [6.07, 6.45) is 2.05. The number of carbonyl (C=O) groups excluding carboxylic acids is 1. The van der Waals surface area contributed by atoms with Crippen molar-refractivity contribution in [1.82, 2.24) is 0 Å². The second kappa shape index (κ2) is 3.00. The molecule has 16 heavy (non-hydrogen) atoms. The smallest absolute Gasteiger partial charge is 0.232 e. The fourth-order valence-corrected chi connectivity index (χ4v) is 2.47. The first kappa shape index (κ1) is 9.70. The van der Waals surface area contributed by atoms with Crippen LogP contribution in [0.2, 0.25) is 0 Å². The first-order chi connectivity index (χ1) is 7.61. The van der Waals surface area contributed by atoms with Gasteiger partial charge < -0.3 is 10.2 Å². The van der Waals surface area contributed by atoms with E-state index in [-0.39, 0.29) is 11.3 Å². The maximum Gasteiger partial charge on any atom is 0.232 e. The molecule has 1 aliphatic carbocycles. The SMILES string of the molecule is Cc1ccc2c(c1)N(C)CC1(CC1)C(=O)N2. The van der Waals surface area contributed by atoms with E-state index in [4.69, 9.17) is 0 Å². The van der Waals surface area contributed by atoms with Crippen LogP contribution in [0.5, 0.6) is 0 Å². The van der Waals surface area contributed by atoms with Gasteiger partial charge in [-0.3, -0.25) is 4.79 Å². The van der Waals surface area contributed by atoms with Crippen LogP contribution in [0.4, 0.5) is 11.4 Å². The van der Waals surface area contributed by atoms with Crippen LogP contribution in [0, 0.1) is 12.3 Å². The number of rotatable bonds is 0. The zero-order valence-electron chi connectivity index (χ0n) is 9.71. The number of aryl methyl sites for hydroxylation is 1. The van der Waals surface area contributed by atoms with Gasteiger partial charge in [-0.25, -0.2) is 0 Å². The molecule has 0 radical (unpaired) electrons. The fraction of sp³-hybridized carbons (Fsp3) is 0.462. The van der Waals surface area contributed by atoms with Gasteiger partial charge in [0.2, 0.25) is 5.91 Å². The van der Waals surface area contributed by atoms with Gasteiger partial charge >= 0.3 is 0 Å². The summed E-state index contributed by atoms with van der Waals surface area (Å²) >= 11 is 0. The summed E-state index contributed by atoms with van der Waals surface area (Å²) in [7, 11) is 2.07. The Kier molecular flexibility index (Phi) is 1.82.